The maximum Gasteiger partial charge on any atom is 0.0517 e. The first-order valence-corrected chi connectivity index (χ1v) is 7.38. The van der Waals surface area contributed by atoms with Crippen LogP contribution in [-0.4, -0.2) is 23.5 Å². The highest BCUT2D eigenvalue weighted by atomic mass is 35.5. The number of halogens is 2. The van der Waals surface area contributed by atoms with Crippen LogP contribution in [0.4, 0.5) is 0 Å². The summed E-state index contributed by atoms with van der Waals surface area (Å²) in [6.07, 6.45) is 4.84. The van der Waals surface area contributed by atoms with Crippen molar-refractivity contribution in [2.24, 2.45) is 5.73 Å². The summed E-state index contributed by atoms with van der Waals surface area (Å²) in [7, 11) is 0. The van der Waals surface area contributed by atoms with Crippen LogP contribution < -0.4 is 5.73 Å². The van der Waals surface area contributed by atoms with E-state index in [1.54, 1.807) is 0 Å². The van der Waals surface area contributed by atoms with Crippen LogP contribution >= 0.6 is 23.2 Å². The van der Waals surface area contributed by atoms with Gasteiger partial charge in [0.25, 0.3) is 0 Å². The predicted octanol–water partition coefficient (Wildman–Crippen LogP) is 3.62. The molecule has 1 aromatic rings. The minimum Gasteiger partial charge on any atom is -0.326 e. The molecule has 2 aliphatic rings. The minimum atomic E-state index is 0.162. The van der Waals surface area contributed by atoms with Crippen molar-refractivity contribution < 1.29 is 0 Å². The van der Waals surface area contributed by atoms with E-state index in [0.29, 0.717) is 6.04 Å². The second-order valence-electron chi connectivity index (χ2n) is 5.39. The molecule has 4 heteroatoms. The fourth-order valence-corrected chi connectivity index (χ4v) is 3.43. The number of benzene rings is 1. The second kappa shape index (κ2) is 5.01. The summed E-state index contributed by atoms with van der Waals surface area (Å²) in [6.45, 7) is 1.13. The SMILES string of the molecule is NC1CCCN(C2CC2)C1c1cc(Cl)ccc1Cl. The Kier molecular flexibility index (Phi) is 3.55. The monoisotopic (exact) mass is 284 g/mol. The van der Waals surface area contributed by atoms with Crippen LogP contribution in [-0.2, 0) is 0 Å². The van der Waals surface area contributed by atoms with Gasteiger partial charge in [0.15, 0.2) is 0 Å². The first kappa shape index (κ1) is 12.7. The van der Waals surface area contributed by atoms with Gasteiger partial charge in [0, 0.05) is 22.1 Å². The normalized spacial score (nSPS) is 29.5. The lowest BCUT2D eigenvalue weighted by Gasteiger charge is -2.40. The van der Waals surface area contributed by atoms with Gasteiger partial charge in [0.05, 0.1) is 6.04 Å². The van der Waals surface area contributed by atoms with Crippen molar-refractivity contribution >= 4 is 23.2 Å². The van der Waals surface area contributed by atoms with Gasteiger partial charge in [-0.15, -0.1) is 0 Å². The van der Waals surface area contributed by atoms with Gasteiger partial charge in [-0.1, -0.05) is 23.2 Å². The lowest BCUT2D eigenvalue weighted by molar-refractivity contribution is 0.120. The molecular formula is C14H18Cl2N2. The Balaban J connectivity index is 1.97. The lowest BCUT2D eigenvalue weighted by Crippen LogP contribution is -2.46. The molecule has 0 bridgehead atoms. The molecule has 2 unspecified atom stereocenters. The summed E-state index contributed by atoms with van der Waals surface area (Å²) in [5, 5.41) is 1.52. The predicted molar refractivity (Wildman–Crippen MR) is 76.1 cm³/mol. The number of piperidine rings is 1. The van der Waals surface area contributed by atoms with Crippen LogP contribution in [0, 0.1) is 0 Å². The van der Waals surface area contributed by atoms with Gasteiger partial charge in [0.1, 0.15) is 0 Å². The Morgan fingerprint density at radius 3 is 2.67 bits per heavy atom. The van der Waals surface area contributed by atoms with Gasteiger partial charge in [-0.05, 0) is 56.0 Å². The van der Waals surface area contributed by atoms with Crippen molar-refractivity contribution in [3.05, 3.63) is 33.8 Å². The van der Waals surface area contributed by atoms with E-state index >= 15 is 0 Å². The van der Waals surface area contributed by atoms with E-state index < -0.39 is 0 Å². The minimum absolute atomic E-state index is 0.162. The Morgan fingerprint density at radius 2 is 1.94 bits per heavy atom. The molecule has 3 rings (SSSR count). The molecule has 2 fully saturated rings. The average Bonchev–Trinajstić information content (AvgIpc) is 3.16. The molecule has 1 aliphatic carbocycles. The Hall–Kier alpha value is -0.280. The highest BCUT2D eigenvalue weighted by molar-refractivity contribution is 6.33. The van der Waals surface area contributed by atoms with E-state index in [1.165, 1.54) is 19.3 Å². The van der Waals surface area contributed by atoms with Crippen LogP contribution in [0.1, 0.15) is 37.3 Å². The third kappa shape index (κ3) is 2.39. The van der Waals surface area contributed by atoms with Gasteiger partial charge in [-0.3, -0.25) is 4.90 Å². The number of rotatable bonds is 2. The van der Waals surface area contributed by atoms with Crippen LogP contribution in [0.25, 0.3) is 0 Å². The largest absolute Gasteiger partial charge is 0.326 e. The molecule has 2 atom stereocenters. The van der Waals surface area contributed by atoms with Gasteiger partial charge in [-0.25, -0.2) is 0 Å². The van der Waals surface area contributed by atoms with Crippen molar-refractivity contribution in [3.8, 4) is 0 Å². The van der Waals surface area contributed by atoms with Crippen molar-refractivity contribution in [2.45, 2.75) is 43.8 Å². The van der Waals surface area contributed by atoms with Crippen LogP contribution in [0.5, 0.6) is 0 Å². The molecule has 0 radical (unpaired) electrons. The molecule has 1 saturated carbocycles. The summed E-state index contributed by atoms with van der Waals surface area (Å²) in [4.78, 5) is 2.53. The number of hydrogen-bond acceptors (Lipinski definition) is 2. The lowest BCUT2D eigenvalue weighted by atomic mass is 9.90. The van der Waals surface area contributed by atoms with Crippen LogP contribution in [0.2, 0.25) is 10.0 Å². The fourth-order valence-electron chi connectivity index (χ4n) is 3.02. The Labute approximate surface area is 118 Å². The molecular weight excluding hydrogens is 267 g/mol. The summed E-state index contributed by atoms with van der Waals surface area (Å²) >= 11 is 12.5. The highest BCUT2D eigenvalue weighted by Gasteiger charge is 2.39. The van der Waals surface area contributed by atoms with E-state index in [2.05, 4.69) is 4.90 Å². The Bertz CT molecular complexity index is 445. The molecule has 0 amide bonds. The number of nitrogens with zero attached hydrogens (tertiary/aromatic N) is 1. The molecule has 0 aromatic heterocycles. The molecule has 1 aromatic carbocycles. The summed E-state index contributed by atoms with van der Waals surface area (Å²) in [6, 6.07) is 6.80. The number of likely N-dealkylation sites (tertiary alicyclic amines) is 1. The molecule has 0 spiro atoms. The third-order valence-corrected chi connectivity index (χ3v) is 4.59. The van der Waals surface area contributed by atoms with Gasteiger partial charge in [0.2, 0.25) is 0 Å². The maximum atomic E-state index is 6.34. The van der Waals surface area contributed by atoms with Crippen molar-refractivity contribution in [1.82, 2.24) is 4.90 Å². The van der Waals surface area contributed by atoms with Crippen molar-refractivity contribution in [1.29, 1.82) is 0 Å². The summed E-state index contributed by atoms with van der Waals surface area (Å²) < 4.78 is 0. The molecule has 1 aliphatic heterocycles. The number of nitrogens with two attached hydrogens (primary N) is 1. The van der Waals surface area contributed by atoms with Gasteiger partial charge in [-0.2, -0.15) is 0 Å². The zero-order valence-electron chi connectivity index (χ0n) is 10.3. The molecule has 1 saturated heterocycles. The molecule has 2 nitrogen and oxygen atoms in total. The smallest absolute Gasteiger partial charge is 0.0517 e. The van der Waals surface area contributed by atoms with Crippen molar-refractivity contribution in [2.75, 3.05) is 6.54 Å². The zero-order valence-corrected chi connectivity index (χ0v) is 11.8. The molecule has 2 N–H and O–H groups in total. The average molecular weight is 285 g/mol. The first-order valence-electron chi connectivity index (χ1n) is 6.63. The summed E-state index contributed by atoms with van der Waals surface area (Å²) in [5.74, 6) is 0. The Morgan fingerprint density at radius 1 is 1.17 bits per heavy atom. The maximum absolute atomic E-state index is 6.34. The van der Waals surface area contributed by atoms with E-state index in [9.17, 15) is 0 Å². The molecule has 1 heterocycles. The zero-order chi connectivity index (χ0) is 12.7. The fraction of sp³-hybridized carbons (Fsp3) is 0.571. The van der Waals surface area contributed by atoms with Gasteiger partial charge < -0.3 is 5.73 Å². The highest BCUT2D eigenvalue weighted by Crippen LogP contribution is 2.41. The molecule has 18 heavy (non-hydrogen) atoms. The van der Waals surface area contributed by atoms with E-state index in [-0.39, 0.29) is 12.1 Å². The molecule has 98 valence electrons. The van der Waals surface area contributed by atoms with Gasteiger partial charge >= 0.3 is 0 Å². The second-order valence-corrected chi connectivity index (χ2v) is 6.23. The quantitative estimate of drug-likeness (QED) is 0.899. The number of hydrogen-bond donors (Lipinski definition) is 1. The van der Waals surface area contributed by atoms with Crippen LogP contribution in [0.3, 0.4) is 0 Å². The van der Waals surface area contributed by atoms with E-state index in [0.717, 1.165) is 28.6 Å². The summed E-state index contributed by atoms with van der Waals surface area (Å²) in [5.41, 5.74) is 7.44. The topological polar surface area (TPSA) is 29.3 Å². The third-order valence-electron chi connectivity index (χ3n) is 4.01. The van der Waals surface area contributed by atoms with Crippen molar-refractivity contribution in [3.63, 3.8) is 0 Å². The standard InChI is InChI=1S/C14H18Cl2N2/c15-9-3-6-12(16)11(8-9)14-13(17)2-1-7-18(14)10-4-5-10/h3,6,8,10,13-14H,1-2,4-5,7,17H2. The van der Waals surface area contributed by atoms with E-state index in [1.807, 2.05) is 18.2 Å². The first-order chi connectivity index (χ1) is 8.66. The van der Waals surface area contributed by atoms with E-state index in [4.69, 9.17) is 28.9 Å². The van der Waals surface area contributed by atoms with Crippen LogP contribution in [0.15, 0.2) is 18.2 Å².